The first-order valence-electron chi connectivity index (χ1n) is 8.58. The Morgan fingerprint density at radius 1 is 1.19 bits per heavy atom. The number of hydrogen-bond acceptors (Lipinski definition) is 3. The van der Waals surface area contributed by atoms with Gasteiger partial charge in [0.2, 0.25) is 0 Å². The minimum atomic E-state index is 0.738. The molecule has 1 fully saturated rings. The predicted molar refractivity (Wildman–Crippen MR) is 89.9 cm³/mol. The second-order valence-electron chi connectivity index (χ2n) is 6.59. The Morgan fingerprint density at radius 3 is 2.76 bits per heavy atom. The summed E-state index contributed by atoms with van der Waals surface area (Å²) < 4.78 is 0. The van der Waals surface area contributed by atoms with Crippen molar-refractivity contribution < 1.29 is 0 Å². The van der Waals surface area contributed by atoms with E-state index in [4.69, 9.17) is 0 Å². The summed E-state index contributed by atoms with van der Waals surface area (Å²) in [6.07, 6.45) is 3.76. The second kappa shape index (κ2) is 6.80. The topological polar surface area (TPSA) is 18.5 Å². The summed E-state index contributed by atoms with van der Waals surface area (Å²) in [5, 5.41) is 3.50. The molecule has 2 aliphatic heterocycles. The fraction of sp³-hybridized carbons (Fsp3) is 0.667. The van der Waals surface area contributed by atoms with Crippen LogP contribution < -0.4 is 5.32 Å². The van der Waals surface area contributed by atoms with E-state index >= 15 is 0 Å². The van der Waals surface area contributed by atoms with Gasteiger partial charge in [-0.2, -0.15) is 0 Å². The van der Waals surface area contributed by atoms with Crippen LogP contribution in [0, 0.1) is 0 Å². The van der Waals surface area contributed by atoms with Gasteiger partial charge >= 0.3 is 0 Å². The molecule has 1 atom stereocenters. The molecule has 1 N–H and O–H groups in total. The molecule has 0 spiro atoms. The zero-order valence-electron chi connectivity index (χ0n) is 13.6. The maximum absolute atomic E-state index is 3.50. The normalized spacial score (nSPS) is 21.6. The van der Waals surface area contributed by atoms with Gasteiger partial charge in [-0.05, 0) is 43.4 Å². The van der Waals surface area contributed by atoms with Crippen molar-refractivity contribution in [2.75, 3.05) is 38.0 Å². The van der Waals surface area contributed by atoms with Crippen LogP contribution in [-0.4, -0.2) is 48.6 Å². The van der Waals surface area contributed by atoms with E-state index in [9.17, 15) is 0 Å². The summed E-state index contributed by atoms with van der Waals surface area (Å²) in [4.78, 5) is 5.24. The number of nitrogens with zero attached hydrogens (tertiary/aromatic N) is 2. The number of hydrogen-bond donors (Lipinski definition) is 1. The highest BCUT2D eigenvalue weighted by Crippen LogP contribution is 2.23. The third kappa shape index (κ3) is 3.58. The van der Waals surface area contributed by atoms with E-state index in [1.807, 2.05) is 0 Å². The first-order chi connectivity index (χ1) is 10.3. The van der Waals surface area contributed by atoms with Crippen LogP contribution in [0.15, 0.2) is 18.2 Å². The van der Waals surface area contributed by atoms with Gasteiger partial charge in [0.15, 0.2) is 0 Å². The molecule has 0 radical (unpaired) electrons. The largest absolute Gasteiger partial charge is 0.385 e. The lowest BCUT2D eigenvalue weighted by molar-refractivity contribution is 0.0963. The first kappa shape index (κ1) is 14.9. The van der Waals surface area contributed by atoms with Gasteiger partial charge in [0.05, 0.1) is 0 Å². The van der Waals surface area contributed by atoms with E-state index in [2.05, 4.69) is 47.2 Å². The minimum Gasteiger partial charge on any atom is -0.385 e. The molecule has 0 bridgehead atoms. The third-order valence-electron chi connectivity index (χ3n) is 5.14. The lowest BCUT2D eigenvalue weighted by Crippen LogP contribution is -2.48. The molecule has 2 aliphatic rings. The molecule has 3 nitrogen and oxygen atoms in total. The molecule has 0 amide bonds. The summed E-state index contributed by atoms with van der Waals surface area (Å²) in [5.74, 6) is 0. The molecule has 2 heterocycles. The number of anilines is 1. The average molecular weight is 287 g/mol. The maximum atomic E-state index is 3.50. The van der Waals surface area contributed by atoms with Gasteiger partial charge in [0.1, 0.15) is 0 Å². The Kier molecular flexibility index (Phi) is 4.81. The second-order valence-corrected chi connectivity index (χ2v) is 6.59. The molecule has 21 heavy (non-hydrogen) atoms. The van der Waals surface area contributed by atoms with Crippen molar-refractivity contribution >= 4 is 5.69 Å². The lowest BCUT2D eigenvalue weighted by Gasteiger charge is -2.38. The maximum Gasteiger partial charge on any atom is 0.0372 e. The van der Waals surface area contributed by atoms with Crippen LogP contribution >= 0.6 is 0 Å². The van der Waals surface area contributed by atoms with Crippen molar-refractivity contribution in [2.24, 2.45) is 0 Å². The van der Waals surface area contributed by atoms with Gasteiger partial charge in [-0.25, -0.2) is 0 Å². The van der Waals surface area contributed by atoms with E-state index in [0.29, 0.717) is 0 Å². The smallest absolute Gasteiger partial charge is 0.0372 e. The van der Waals surface area contributed by atoms with Crippen LogP contribution in [0.2, 0.25) is 0 Å². The van der Waals surface area contributed by atoms with Crippen molar-refractivity contribution in [1.29, 1.82) is 0 Å². The monoisotopic (exact) mass is 287 g/mol. The third-order valence-corrected chi connectivity index (χ3v) is 5.14. The highest BCUT2D eigenvalue weighted by atomic mass is 15.3. The summed E-state index contributed by atoms with van der Waals surface area (Å²) >= 11 is 0. The number of aryl methyl sites for hydroxylation is 1. The van der Waals surface area contributed by atoms with Crippen molar-refractivity contribution in [1.82, 2.24) is 9.80 Å². The molecular formula is C18H29N3. The van der Waals surface area contributed by atoms with Gasteiger partial charge in [-0.1, -0.05) is 19.1 Å². The van der Waals surface area contributed by atoms with Crippen LogP contribution in [-0.2, 0) is 13.0 Å². The van der Waals surface area contributed by atoms with Crippen LogP contribution in [0.1, 0.15) is 37.8 Å². The van der Waals surface area contributed by atoms with Crippen LogP contribution in [0.5, 0.6) is 0 Å². The Hall–Kier alpha value is -1.06. The summed E-state index contributed by atoms with van der Waals surface area (Å²) in [6, 6.07) is 7.74. The highest BCUT2D eigenvalue weighted by Gasteiger charge is 2.20. The number of rotatable bonds is 4. The molecule has 3 heteroatoms. The van der Waals surface area contributed by atoms with E-state index in [0.717, 1.165) is 19.1 Å². The van der Waals surface area contributed by atoms with Crippen LogP contribution in [0.4, 0.5) is 5.69 Å². The fourth-order valence-electron chi connectivity index (χ4n) is 3.51. The number of fused-ring (bicyclic) bond motifs is 1. The average Bonchev–Trinajstić information content (AvgIpc) is 2.55. The molecule has 116 valence electrons. The van der Waals surface area contributed by atoms with Gasteiger partial charge < -0.3 is 5.32 Å². The Balaban J connectivity index is 1.56. The standard InChI is InChI=1S/C18H29N3/c1-3-15(2)21-11-9-20(10-12-21)14-16-6-7-18-17(13-16)5-4-8-19-18/h6-7,13,15,19H,3-5,8-12,14H2,1-2H3. The molecular weight excluding hydrogens is 258 g/mol. The van der Waals surface area contributed by atoms with Crippen LogP contribution in [0.3, 0.4) is 0 Å². The van der Waals surface area contributed by atoms with Gasteiger partial charge in [-0.3, -0.25) is 9.80 Å². The zero-order chi connectivity index (χ0) is 14.7. The quantitative estimate of drug-likeness (QED) is 0.918. The molecule has 1 aromatic rings. The SMILES string of the molecule is CCC(C)N1CCN(Cc2ccc3c(c2)CCCN3)CC1. The first-order valence-corrected chi connectivity index (χ1v) is 8.58. The molecule has 1 aromatic carbocycles. The van der Waals surface area contributed by atoms with Crippen molar-refractivity contribution in [3.8, 4) is 0 Å². The van der Waals surface area contributed by atoms with Crippen molar-refractivity contribution in [2.45, 2.75) is 45.7 Å². The molecule has 1 unspecified atom stereocenters. The van der Waals surface area contributed by atoms with Gasteiger partial charge in [0.25, 0.3) is 0 Å². The molecule has 0 saturated carbocycles. The van der Waals surface area contributed by atoms with E-state index < -0.39 is 0 Å². The fourth-order valence-corrected chi connectivity index (χ4v) is 3.51. The van der Waals surface area contributed by atoms with E-state index in [1.54, 1.807) is 0 Å². The van der Waals surface area contributed by atoms with E-state index in [1.165, 1.54) is 62.3 Å². The summed E-state index contributed by atoms with van der Waals surface area (Å²) in [6.45, 7) is 11.7. The van der Waals surface area contributed by atoms with Crippen molar-refractivity contribution in [3.63, 3.8) is 0 Å². The molecule has 1 saturated heterocycles. The summed E-state index contributed by atoms with van der Waals surface area (Å²) in [5.41, 5.74) is 4.35. The Labute approximate surface area is 129 Å². The number of benzene rings is 1. The highest BCUT2D eigenvalue weighted by molar-refractivity contribution is 5.54. The zero-order valence-corrected chi connectivity index (χ0v) is 13.6. The molecule has 0 aromatic heterocycles. The predicted octanol–water partition coefficient (Wildman–Crippen LogP) is 2.96. The Bertz CT molecular complexity index is 464. The minimum absolute atomic E-state index is 0.738. The van der Waals surface area contributed by atoms with E-state index in [-0.39, 0.29) is 0 Å². The van der Waals surface area contributed by atoms with Crippen LogP contribution in [0.25, 0.3) is 0 Å². The molecule has 0 aliphatic carbocycles. The lowest BCUT2D eigenvalue weighted by atomic mass is 10.0. The van der Waals surface area contributed by atoms with Crippen molar-refractivity contribution in [3.05, 3.63) is 29.3 Å². The number of piperazine rings is 1. The van der Waals surface area contributed by atoms with Gasteiger partial charge in [-0.15, -0.1) is 0 Å². The van der Waals surface area contributed by atoms with Gasteiger partial charge in [0, 0.05) is 51.0 Å². The summed E-state index contributed by atoms with van der Waals surface area (Å²) in [7, 11) is 0. The number of nitrogens with one attached hydrogen (secondary N) is 1. The molecule has 3 rings (SSSR count). The Morgan fingerprint density at radius 2 is 2.00 bits per heavy atom.